The number of benzene rings is 2. The van der Waals surface area contributed by atoms with E-state index in [0.29, 0.717) is 12.3 Å². The predicted octanol–water partition coefficient (Wildman–Crippen LogP) is 4.15. The standard InChI is InChI=1S/C21H19NO2S/c23-21(24-17-9-5-2-6-10-17)19-18(13-15-7-3-1-4-8-15)20-16(14-22-19)11-12-25-20/h1-12,18-19,22H,13-14H2. The zero-order valence-corrected chi connectivity index (χ0v) is 14.5. The second-order valence-corrected chi connectivity index (χ2v) is 7.15. The normalized spacial score (nSPS) is 19.2. The smallest absolute Gasteiger partial charge is 0.329 e. The van der Waals surface area contributed by atoms with Crippen LogP contribution in [-0.4, -0.2) is 12.0 Å². The van der Waals surface area contributed by atoms with Crippen LogP contribution in [0, 0.1) is 0 Å². The molecule has 126 valence electrons. The van der Waals surface area contributed by atoms with E-state index in [4.69, 9.17) is 4.74 Å². The molecule has 0 bridgehead atoms. The monoisotopic (exact) mass is 349 g/mol. The molecule has 3 nitrogen and oxygen atoms in total. The van der Waals surface area contributed by atoms with Crippen molar-refractivity contribution in [1.82, 2.24) is 5.32 Å². The molecule has 4 heteroatoms. The first kappa shape index (κ1) is 16.1. The highest BCUT2D eigenvalue weighted by molar-refractivity contribution is 7.10. The van der Waals surface area contributed by atoms with Gasteiger partial charge in [0.05, 0.1) is 0 Å². The molecule has 4 rings (SSSR count). The topological polar surface area (TPSA) is 38.3 Å². The van der Waals surface area contributed by atoms with E-state index in [1.807, 2.05) is 48.5 Å². The fourth-order valence-electron chi connectivity index (χ4n) is 3.33. The molecule has 1 N–H and O–H groups in total. The molecule has 0 saturated heterocycles. The van der Waals surface area contributed by atoms with Crippen molar-refractivity contribution < 1.29 is 9.53 Å². The maximum atomic E-state index is 12.8. The van der Waals surface area contributed by atoms with Gasteiger partial charge in [-0.05, 0) is 41.1 Å². The Hall–Kier alpha value is -2.43. The minimum atomic E-state index is -0.341. The van der Waals surface area contributed by atoms with E-state index in [2.05, 4.69) is 28.9 Å². The zero-order valence-electron chi connectivity index (χ0n) is 13.7. The number of hydrogen-bond acceptors (Lipinski definition) is 4. The number of thiophene rings is 1. The largest absolute Gasteiger partial charge is 0.425 e. The zero-order chi connectivity index (χ0) is 17.1. The summed E-state index contributed by atoms with van der Waals surface area (Å²) in [6, 6.07) is 21.4. The third-order valence-corrected chi connectivity index (χ3v) is 5.64. The van der Waals surface area contributed by atoms with Gasteiger partial charge in [0.2, 0.25) is 0 Å². The quantitative estimate of drug-likeness (QED) is 0.568. The van der Waals surface area contributed by atoms with Gasteiger partial charge in [-0.3, -0.25) is 5.32 Å². The first-order valence-electron chi connectivity index (χ1n) is 8.41. The summed E-state index contributed by atoms with van der Waals surface area (Å²) in [4.78, 5) is 14.1. The lowest BCUT2D eigenvalue weighted by molar-refractivity contribution is -0.137. The fraction of sp³-hybridized carbons (Fsp3) is 0.190. The van der Waals surface area contributed by atoms with Gasteiger partial charge in [-0.2, -0.15) is 0 Å². The van der Waals surface area contributed by atoms with E-state index in [9.17, 15) is 4.79 Å². The Morgan fingerprint density at radius 2 is 1.76 bits per heavy atom. The van der Waals surface area contributed by atoms with E-state index in [-0.39, 0.29) is 17.9 Å². The first-order chi connectivity index (χ1) is 12.3. The summed E-state index contributed by atoms with van der Waals surface area (Å²) in [6.07, 6.45) is 0.815. The number of rotatable bonds is 4. The van der Waals surface area contributed by atoms with Gasteiger partial charge in [-0.15, -0.1) is 11.3 Å². The van der Waals surface area contributed by atoms with E-state index >= 15 is 0 Å². The van der Waals surface area contributed by atoms with Crippen molar-refractivity contribution in [2.45, 2.75) is 24.9 Å². The minimum absolute atomic E-state index is 0.0855. The van der Waals surface area contributed by atoms with Crippen LogP contribution in [0.25, 0.3) is 0 Å². The molecular weight excluding hydrogens is 330 g/mol. The summed E-state index contributed by atoms with van der Waals surface area (Å²) in [7, 11) is 0. The molecule has 2 heterocycles. The molecule has 25 heavy (non-hydrogen) atoms. The lowest BCUT2D eigenvalue weighted by Crippen LogP contribution is -2.47. The molecule has 1 aliphatic rings. The Labute approximate surface area is 151 Å². The van der Waals surface area contributed by atoms with Crippen molar-refractivity contribution in [2.75, 3.05) is 0 Å². The van der Waals surface area contributed by atoms with Gasteiger partial charge in [-0.25, -0.2) is 4.79 Å². The first-order valence-corrected chi connectivity index (χ1v) is 9.29. The lowest BCUT2D eigenvalue weighted by atomic mass is 9.86. The SMILES string of the molecule is O=C(Oc1ccccc1)C1NCc2ccsc2C1Cc1ccccc1. The molecular formula is C21H19NO2S. The number of nitrogens with one attached hydrogen (secondary N) is 1. The average molecular weight is 349 g/mol. The minimum Gasteiger partial charge on any atom is -0.425 e. The molecule has 1 aliphatic heterocycles. The van der Waals surface area contributed by atoms with Gasteiger partial charge < -0.3 is 4.74 Å². The van der Waals surface area contributed by atoms with Crippen molar-refractivity contribution >= 4 is 17.3 Å². The molecule has 1 aromatic heterocycles. The van der Waals surface area contributed by atoms with E-state index < -0.39 is 0 Å². The molecule has 2 aromatic carbocycles. The summed E-state index contributed by atoms with van der Waals surface area (Å²) < 4.78 is 5.62. The third kappa shape index (κ3) is 3.50. The van der Waals surface area contributed by atoms with Crippen molar-refractivity contribution in [1.29, 1.82) is 0 Å². The van der Waals surface area contributed by atoms with Crippen LogP contribution in [0.2, 0.25) is 0 Å². The van der Waals surface area contributed by atoms with Crippen LogP contribution in [0.5, 0.6) is 5.75 Å². The van der Waals surface area contributed by atoms with Crippen molar-refractivity contribution in [2.24, 2.45) is 0 Å². The summed E-state index contributed by atoms with van der Waals surface area (Å²) in [5.41, 5.74) is 2.52. The van der Waals surface area contributed by atoms with Crippen LogP contribution in [0.3, 0.4) is 0 Å². The molecule has 0 saturated carbocycles. The molecule has 0 amide bonds. The Kier molecular flexibility index (Phi) is 4.63. The predicted molar refractivity (Wildman–Crippen MR) is 99.9 cm³/mol. The average Bonchev–Trinajstić information content (AvgIpc) is 3.13. The van der Waals surface area contributed by atoms with Crippen molar-refractivity contribution in [3.05, 3.63) is 88.1 Å². The highest BCUT2D eigenvalue weighted by atomic mass is 32.1. The number of ether oxygens (including phenoxy) is 1. The molecule has 0 radical (unpaired) electrons. The highest BCUT2D eigenvalue weighted by Crippen LogP contribution is 2.35. The molecule has 0 fully saturated rings. The van der Waals surface area contributed by atoms with E-state index in [0.717, 1.165) is 6.42 Å². The van der Waals surface area contributed by atoms with Gasteiger partial charge in [-0.1, -0.05) is 48.5 Å². The third-order valence-electron chi connectivity index (χ3n) is 4.55. The number of fused-ring (bicyclic) bond motifs is 1. The molecule has 2 atom stereocenters. The van der Waals surface area contributed by atoms with Crippen molar-refractivity contribution in [3.8, 4) is 5.75 Å². The Morgan fingerprint density at radius 1 is 1.04 bits per heavy atom. The Balaban J connectivity index is 1.60. The number of carbonyl (C=O) groups is 1. The summed E-state index contributed by atoms with van der Waals surface area (Å²) in [5.74, 6) is 0.457. The summed E-state index contributed by atoms with van der Waals surface area (Å²) in [5, 5.41) is 5.49. The summed E-state index contributed by atoms with van der Waals surface area (Å²) in [6.45, 7) is 0.707. The number of esters is 1. The van der Waals surface area contributed by atoms with Crippen molar-refractivity contribution in [3.63, 3.8) is 0 Å². The van der Waals surface area contributed by atoms with Crippen LogP contribution >= 0.6 is 11.3 Å². The highest BCUT2D eigenvalue weighted by Gasteiger charge is 2.36. The molecule has 2 unspecified atom stereocenters. The van der Waals surface area contributed by atoms with Gasteiger partial charge in [0, 0.05) is 17.3 Å². The van der Waals surface area contributed by atoms with Crippen LogP contribution in [0.4, 0.5) is 0 Å². The second kappa shape index (κ2) is 7.21. The Morgan fingerprint density at radius 3 is 2.52 bits per heavy atom. The molecule has 0 spiro atoms. The maximum Gasteiger partial charge on any atom is 0.329 e. The summed E-state index contributed by atoms with van der Waals surface area (Å²) >= 11 is 1.73. The van der Waals surface area contributed by atoms with Crippen LogP contribution in [0.15, 0.2) is 72.1 Å². The van der Waals surface area contributed by atoms with Gasteiger partial charge in [0.25, 0.3) is 0 Å². The Bertz CT molecular complexity index is 845. The van der Waals surface area contributed by atoms with Gasteiger partial charge in [0.15, 0.2) is 0 Å². The van der Waals surface area contributed by atoms with Gasteiger partial charge >= 0.3 is 5.97 Å². The number of carbonyl (C=O) groups excluding carboxylic acids is 1. The van der Waals surface area contributed by atoms with Gasteiger partial charge in [0.1, 0.15) is 11.8 Å². The van der Waals surface area contributed by atoms with Crippen LogP contribution < -0.4 is 10.1 Å². The van der Waals surface area contributed by atoms with E-state index in [1.54, 1.807) is 11.3 Å². The number of hydrogen-bond donors (Lipinski definition) is 1. The maximum absolute atomic E-state index is 12.8. The fourth-order valence-corrected chi connectivity index (χ4v) is 4.39. The van der Waals surface area contributed by atoms with Crippen LogP contribution in [0.1, 0.15) is 21.9 Å². The van der Waals surface area contributed by atoms with E-state index in [1.165, 1.54) is 16.0 Å². The molecule has 3 aromatic rings. The lowest BCUT2D eigenvalue weighted by Gasteiger charge is -2.31. The second-order valence-electron chi connectivity index (χ2n) is 6.20. The molecule has 0 aliphatic carbocycles. The van der Waals surface area contributed by atoms with Crippen LogP contribution in [-0.2, 0) is 17.8 Å². The number of para-hydroxylation sites is 1.